The fourth-order valence-corrected chi connectivity index (χ4v) is 19.6. The number of carbonyl (C=O) groups is 4. The van der Waals surface area contributed by atoms with E-state index in [9.17, 15) is 19.2 Å². The molecule has 0 atom stereocenters. The lowest BCUT2D eigenvalue weighted by atomic mass is 9.98. The number of fused-ring (bicyclic) bond motifs is 12. The summed E-state index contributed by atoms with van der Waals surface area (Å²) in [5.41, 5.74) is 40.3. The van der Waals surface area contributed by atoms with Crippen molar-refractivity contribution < 1.29 is 28.7 Å². The molecule has 24 rings (SSSR count). The molecule has 774 valence electrons. The van der Waals surface area contributed by atoms with Crippen molar-refractivity contribution in [1.82, 2.24) is 39.9 Å². The van der Waals surface area contributed by atoms with Crippen molar-refractivity contribution in [1.29, 1.82) is 0 Å². The van der Waals surface area contributed by atoms with Gasteiger partial charge in [0.25, 0.3) is 0 Å². The fraction of sp³-hybridized carbons (Fsp3) is 0.420. The van der Waals surface area contributed by atoms with Crippen LogP contribution in [0.25, 0.3) is 32.8 Å². The van der Waals surface area contributed by atoms with Gasteiger partial charge in [0.15, 0.2) is 11.6 Å². The Bertz CT molecular complexity index is 6500. The molecule has 1 amide bonds. The zero-order chi connectivity index (χ0) is 105. The number of H-pyrrole nitrogens is 3. The van der Waals surface area contributed by atoms with Crippen LogP contribution in [0.1, 0.15) is 418 Å². The first kappa shape index (κ1) is 111. The van der Waals surface area contributed by atoms with E-state index in [1.54, 1.807) is 28.6 Å². The molecule has 0 saturated carbocycles. The molecular weight excluding hydrogens is 1810 g/mol. The van der Waals surface area contributed by atoms with Gasteiger partial charge in [0.2, 0.25) is 5.91 Å². The van der Waals surface area contributed by atoms with E-state index in [0.29, 0.717) is 108 Å². The van der Waals surface area contributed by atoms with Crippen LogP contribution in [0.2, 0.25) is 0 Å². The van der Waals surface area contributed by atoms with Crippen LogP contribution in [0.15, 0.2) is 225 Å². The molecule has 5 aromatic heterocycles. The van der Waals surface area contributed by atoms with E-state index in [2.05, 4.69) is 381 Å². The molecule has 16 nitrogen and oxygen atoms in total. The summed E-state index contributed by atoms with van der Waals surface area (Å²) in [4.78, 5) is 59.5. The number of ether oxygens (including phenoxy) is 2. The summed E-state index contributed by atoms with van der Waals surface area (Å²) < 4.78 is 12.7. The van der Waals surface area contributed by atoms with Crippen molar-refractivity contribution >= 4 is 67.7 Å². The maximum absolute atomic E-state index is 11.4. The summed E-state index contributed by atoms with van der Waals surface area (Å²) in [6.45, 7) is 55.9. The SMILES string of the molecule is CC(C)c1cc2ccncc2[nH]1.CC(C)c1ccc2[nH]ncc2c1.CC(C)c1ccc2c(c1)C(=O)CC2.CC(C)c1ccc2c(c1)CC(=O)N2.CC(C)c1ccc2c(c1)CCC2.CC(C)c1ccc2c(c1)CCC2.CC(C)c1ccc2c(c1)CCC2=O.CC(C)c1ccc2c(c1)CCN2.CC(C)c1ccc2c(c1)OC(=O)C2.CC(C)c1ccc2c(c1)OCC2.CC(C)c1ccc2nc[nH]c2c1.CC(C)c1cnn2c1CCC2. The number of carbonyl (C=O) groups excluding carboxylic acids is 4. The normalized spacial score (nSPS) is 14.1. The van der Waals surface area contributed by atoms with Crippen molar-refractivity contribution in [2.24, 2.45) is 0 Å². The molecule has 10 aromatic carbocycles. The number of aromatic amines is 3. The number of imidazole rings is 1. The van der Waals surface area contributed by atoms with E-state index in [-0.39, 0.29) is 11.9 Å². The number of rotatable bonds is 12. The first-order valence-electron chi connectivity index (χ1n) is 54.7. The molecular formula is C131H164N10O6. The number of anilines is 2. The van der Waals surface area contributed by atoms with Gasteiger partial charge in [-0.05, 0) is 320 Å². The Hall–Kier alpha value is -13.1. The number of hydrogen-bond donors (Lipinski definition) is 5. The number of nitrogens with one attached hydrogen (secondary N) is 5. The molecule has 0 spiro atoms. The van der Waals surface area contributed by atoms with E-state index in [1.165, 1.54) is 169 Å². The van der Waals surface area contributed by atoms with Gasteiger partial charge in [0.05, 0.1) is 66.4 Å². The van der Waals surface area contributed by atoms with Gasteiger partial charge in [-0.2, -0.15) is 10.2 Å². The highest BCUT2D eigenvalue weighted by atomic mass is 16.5. The zero-order valence-electron chi connectivity index (χ0n) is 92.4. The quantitative estimate of drug-likeness (QED) is 0.0573. The van der Waals surface area contributed by atoms with E-state index >= 15 is 0 Å². The zero-order valence-corrected chi connectivity index (χ0v) is 92.4. The van der Waals surface area contributed by atoms with Crippen LogP contribution in [0, 0.1) is 0 Å². The lowest BCUT2D eigenvalue weighted by molar-refractivity contribution is -0.131. The first-order valence-corrected chi connectivity index (χ1v) is 54.7. The van der Waals surface area contributed by atoms with Crippen LogP contribution < -0.4 is 20.1 Å². The Morgan fingerprint density at radius 3 is 1.44 bits per heavy atom. The van der Waals surface area contributed by atoms with Crippen molar-refractivity contribution in [3.8, 4) is 11.5 Å². The fourth-order valence-electron chi connectivity index (χ4n) is 19.6. The Morgan fingerprint density at radius 2 is 0.837 bits per heavy atom. The predicted octanol–water partition coefficient (Wildman–Crippen LogP) is 32.6. The van der Waals surface area contributed by atoms with Gasteiger partial charge in [-0.3, -0.25) is 33.9 Å². The number of ketones is 2. The molecule has 10 heterocycles. The largest absolute Gasteiger partial charge is 0.493 e. The summed E-state index contributed by atoms with van der Waals surface area (Å²) in [6, 6.07) is 69.1. The van der Waals surface area contributed by atoms with Crippen molar-refractivity contribution in [3.63, 3.8) is 0 Å². The number of aromatic nitrogens is 8. The topological polar surface area (TPSA) is 215 Å². The molecule has 5 N–H and O–H groups in total. The number of amides is 1. The number of esters is 1. The van der Waals surface area contributed by atoms with Crippen molar-refractivity contribution in [2.75, 3.05) is 23.8 Å². The number of nitrogens with zero attached hydrogens (tertiary/aromatic N) is 5. The number of hydrogen-bond acceptors (Lipinski definition) is 11. The molecule has 4 aliphatic carbocycles. The Balaban J connectivity index is 0.000000134. The summed E-state index contributed by atoms with van der Waals surface area (Å²) in [6.07, 6.45) is 26.2. The minimum atomic E-state index is -0.143. The van der Waals surface area contributed by atoms with E-state index in [4.69, 9.17) is 9.47 Å². The van der Waals surface area contributed by atoms with Gasteiger partial charge in [0, 0.05) is 88.8 Å². The van der Waals surface area contributed by atoms with Gasteiger partial charge in [-0.15, -0.1) is 0 Å². The molecule has 0 bridgehead atoms. The van der Waals surface area contributed by atoms with Gasteiger partial charge in [-0.1, -0.05) is 294 Å². The lowest BCUT2D eigenvalue weighted by Gasteiger charge is -2.07. The second-order valence-electron chi connectivity index (χ2n) is 44.5. The molecule has 15 aromatic rings. The van der Waals surface area contributed by atoms with Gasteiger partial charge >= 0.3 is 5.97 Å². The monoisotopic (exact) mass is 1970 g/mol. The molecule has 16 heteroatoms. The van der Waals surface area contributed by atoms with Gasteiger partial charge in [0.1, 0.15) is 11.5 Å². The summed E-state index contributed by atoms with van der Waals surface area (Å²) in [5.74, 6) is 9.47. The molecule has 0 saturated heterocycles. The minimum Gasteiger partial charge on any atom is -0.493 e. The van der Waals surface area contributed by atoms with Crippen molar-refractivity contribution in [3.05, 3.63) is 365 Å². The third-order valence-electron chi connectivity index (χ3n) is 29.3. The van der Waals surface area contributed by atoms with Crippen LogP contribution in [0.3, 0.4) is 0 Å². The Kier molecular flexibility index (Phi) is 39.7. The van der Waals surface area contributed by atoms with Crippen LogP contribution in [0.5, 0.6) is 11.5 Å². The van der Waals surface area contributed by atoms with Crippen LogP contribution in [0.4, 0.5) is 11.4 Å². The summed E-state index contributed by atoms with van der Waals surface area (Å²) >= 11 is 0. The second-order valence-corrected chi connectivity index (χ2v) is 44.5. The summed E-state index contributed by atoms with van der Waals surface area (Å²) in [7, 11) is 0. The Morgan fingerprint density at radius 1 is 0.340 bits per heavy atom. The lowest BCUT2D eigenvalue weighted by Crippen LogP contribution is -2.03. The number of pyridine rings is 1. The molecule has 0 fully saturated rings. The van der Waals surface area contributed by atoms with E-state index in [0.717, 1.165) is 100 Å². The smallest absolute Gasteiger partial charge is 0.315 e. The highest BCUT2D eigenvalue weighted by molar-refractivity contribution is 6.01. The molecule has 0 unspecified atom stereocenters. The predicted molar refractivity (Wildman–Crippen MR) is 612 cm³/mol. The average Bonchev–Trinajstić information content (AvgIpc) is 1.66. The second kappa shape index (κ2) is 52.5. The maximum atomic E-state index is 11.4. The molecule has 0 radical (unpaired) electrons. The standard InChI is InChI=1S/2C12H14O.2C12H16.C11H13NO.C11H15N.C11H12O2.C11H14O.3C10H12N2.C9H14N2/c1-8(2)9-3-5-11-10(7-9)4-6-12(11)13;1-8(2)10-4-3-9-5-6-12(13)11(9)7-10;2*1-9(2)11-7-6-10-4-3-5-12(10)8-11;1-7(2)8-3-4-10-9(5-8)6-11(13)12-10;1-8(2)9-3-4-11-10(7-9)5-6-12-11;1-7(2)8-3-4-9-6-11(12)13-10(9)5-8;1-8(2)10-4-3-9-5-6-12-11(9)7-10;1-7(2)9-5-8-3-4-11-6-10(8)12-9;1-7(2)8-3-4-10-9(5-8)6-11-12-10;1-7(2)8-3-4-9-10(5-8)12-6-11-9;1-7(2)8-6-10-11-5-3-4-9(8)11/h3,5,7-8H,4,6H2,1-2H3;3-4,7-8H,5-6H2,1-2H3;2*6-9H,3-5H2,1-2H3;3-5,7H,6H2,1-2H3,(H,12,13);3-4,7-8,12H,5-6H2,1-2H3;3-5,7H,6H2,1-2H3;3-4,7-8H,5-6H2,1-2H3;3-7,12H,1-2H3;2*3-7H,1-2H3,(H,11,12);6-7H,3-5H2,1-2H3. The average molecular weight is 1970 g/mol. The third kappa shape index (κ3) is 30.6. The minimum absolute atomic E-state index is 0.107. The number of benzene rings is 10. The van der Waals surface area contributed by atoms with E-state index in [1.807, 2.05) is 55.1 Å². The van der Waals surface area contributed by atoms with Gasteiger partial charge < -0.3 is 30.1 Å². The highest BCUT2D eigenvalue weighted by Crippen LogP contribution is 2.37. The third-order valence-corrected chi connectivity index (χ3v) is 29.3. The highest BCUT2D eigenvalue weighted by Gasteiger charge is 2.26. The van der Waals surface area contributed by atoms with Crippen LogP contribution >= 0.6 is 0 Å². The Labute approximate surface area is 876 Å². The number of aryl methyl sites for hydroxylation is 7. The van der Waals surface area contributed by atoms with Crippen molar-refractivity contribution in [2.45, 2.75) is 346 Å². The first-order chi connectivity index (χ1) is 70.4. The van der Waals surface area contributed by atoms with Crippen LogP contribution in [-0.4, -0.2) is 76.5 Å². The molecule has 5 aliphatic heterocycles. The molecule has 9 aliphatic rings. The number of Topliss-reactive ketones (excluding diaryl/α,β-unsaturated/α-hetero) is 2. The van der Waals surface area contributed by atoms with E-state index < -0.39 is 0 Å². The molecule has 147 heavy (non-hydrogen) atoms. The maximum Gasteiger partial charge on any atom is 0.315 e. The van der Waals surface area contributed by atoms with Crippen LogP contribution in [-0.2, 0) is 86.8 Å². The van der Waals surface area contributed by atoms with Gasteiger partial charge in [-0.25, -0.2) is 4.98 Å². The summed E-state index contributed by atoms with van der Waals surface area (Å²) in [5, 5.41) is 19.9.